The van der Waals surface area contributed by atoms with Crippen LogP contribution in [0.4, 0.5) is 4.39 Å². The Bertz CT molecular complexity index is 658. The van der Waals surface area contributed by atoms with E-state index in [2.05, 4.69) is 15.9 Å². The van der Waals surface area contributed by atoms with Gasteiger partial charge in [-0.3, -0.25) is 4.79 Å². The van der Waals surface area contributed by atoms with Crippen molar-refractivity contribution in [3.05, 3.63) is 50.4 Å². The Morgan fingerprint density at radius 3 is 3.00 bits per heavy atom. The molecule has 0 atom stereocenters. The molecule has 6 heteroatoms. The molecule has 0 N–H and O–H groups in total. The van der Waals surface area contributed by atoms with Crippen molar-refractivity contribution in [2.75, 3.05) is 13.2 Å². The molecule has 3 rings (SSSR count). The number of carbonyl (C=O) groups is 1. The van der Waals surface area contributed by atoms with E-state index >= 15 is 0 Å². The molecule has 2 aromatic rings. The first-order valence-corrected chi connectivity index (χ1v) is 7.75. The first kappa shape index (κ1) is 13.6. The fourth-order valence-corrected chi connectivity index (χ4v) is 3.51. The molecular formula is C14H11BrFNO2S. The maximum absolute atomic E-state index is 13.3. The topological polar surface area (TPSA) is 29.5 Å². The predicted octanol–water partition coefficient (Wildman–Crippen LogP) is 3.68. The zero-order valence-corrected chi connectivity index (χ0v) is 12.8. The molecular weight excluding hydrogens is 345 g/mol. The maximum atomic E-state index is 13.3. The minimum Gasteiger partial charge on any atom is -0.491 e. The quantitative estimate of drug-likeness (QED) is 0.780. The van der Waals surface area contributed by atoms with Gasteiger partial charge >= 0.3 is 0 Å². The van der Waals surface area contributed by atoms with Crippen LogP contribution in [0.15, 0.2) is 34.1 Å². The van der Waals surface area contributed by atoms with Gasteiger partial charge in [0, 0.05) is 22.0 Å². The van der Waals surface area contributed by atoms with Gasteiger partial charge in [0.15, 0.2) is 0 Å². The van der Waals surface area contributed by atoms with E-state index in [9.17, 15) is 9.18 Å². The Morgan fingerprint density at radius 1 is 1.40 bits per heavy atom. The first-order valence-electron chi connectivity index (χ1n) is 6.08. The van der Waals surface area contributed by atoms with Gasteiger partial charge in [0.05, 0.1) is 11.4 Å². The summed E-state index contributed by atoms with van der Waals surface area (Å²) in [6.07, 6.45) is 0. The molecule has 3 nitrogen and oxygen atoms in total. The van der Waals surface area contributed by atoms with Crippen molar-refractivity contribution in [1.29, 1.82) is 0 Å². The minimum absolute atomic E-state index is 0.0542. The fraction of sp³-hybridized carbons (Fsp3) is 0.214. The third-order valence-electron chi connectivity index (χ3n) is 3.07. The molecule has 20 heavy (non-hydrogen) atoms. The molecule has 1 amide bonds. The van der Waals surface area contributed by atoms with Crippen LogP contribution < -0.4 is 4.74 Å². The predicted molar refractivity (Wildman–Crippen MR) is 78.7 cm³/mol. The Morgan fingerprint density at radius 2 is 2.25 bits per heavy atom. The van der Waals surface area contributed by atoms with E-state index in [-0.39, 0.29) is 11.7 Å². The Labute approximate surface area is 128 Å². The van der Waals surface area contributed by atoms with Crippen molar-refractivity contribution in [3.8, 4) is 5.75 Å². The molecule has 0 unspecified atom stereocenters. The van der Waals surface area contributed by atoms with Crippen LogP contribution in [0.1, 0.15) is 15.2 Å². The van der Waals surface area contributed by atoms with Gasteiger partial charge in [-0.25, -0.2) is 4.39 Å². The lowest BCUT2D eigenvalue weighted by Crippen LogP contribution is -2.31. The molecule has 1 aliphatic heterocycles. The van der Waals surface area contributed by atoms with E-state index in [1.807, 2.05) is 5.38 Å². The molecule has 1 aliphatic rings. The van der Waals surface area contributed by atoms with Gasteiger partial charge in [-0.1, -0.05) is 0 Å². The summed E-state index contributed by atoms with van der Waals surface area (Å²) in [5, 5.41) is 1.87. The summed E-state index contributed by atoms with van der Waals surface area (Å²) in [5.41, 5.74) is 0.700. The monoisotopic (exact) mass is 355 g/mol. The zero-order chi connectivity index (χ0) is 14.1. The largest absolute Gasteiger partial charge is 0.491 e. The van der Waals surface area contributed by atoms with Crippen molar-refractivity contribution in [2.45, 2.75) is 6.54 Å². The summed E-state index contributed by atoms with van der Waals surface area (Å²) in [7, 11) is 0. The summed E-state index contributed by atoms with van der Waals surface area (Å²) in [4.78, 5) is 14.8. The molecule has 2 heterocycles. The van der Waals surface area contributed by atoms with E-state index in [4.69, 9.17) is 4.74 Å². The Hall–Kier alpha value is -1.40. The van der Waals surface area contributed by atoms with E-state index in [0.717, 1.165) is 4.47 Å². The molecule has 0 fully saturated rings. The van der Waals surface area contributed by atoms with Gasteiger partial charge in [-0.15, -0.1) is 11.3 Å². The molecule has 0 aliphatic carbocycles. The van der Waals surface area contributed by atoms with Gasteiger partial charge in [0.25, 0.3) is 5.91 Å². The number of nitrogens with zero attached hydrogens (tertiary/aromatic N) is 1. The number of halogens is 2. The number of thiophene rings is 1. The minimum atomic E-state index is -0.319. The number of rotatable bonds is 1. The lowest BCUT2D eigenvalue weighted by atomic mass is 10.2. The second kappa shape index (κ2) is 5.54. The highest BCUT2D eigenvalue weighted by Gasteiger charge is 2.22. The van der Waals surface area contributed by atoms with Crippen LogP contribution in [-0.4, -0.2) is 24.0 Å². The van der Waals surface area contributed by atoms with E-state index in [0.29, 0.717) is 35.9 Å². The van der Waals surface area contributed by atoms with Crippen molar-refractivity contribution >= 4 is 33.2 Å². The molecule has 0 saturated heterocycles. The second-order valence-electron chi connectivity index (χ2n) is 4.46. The van der Waals surface area contributed by atoms with E-state index in [1.165, 1.54) is 23.5 Å². The normalized spacial score (nSPS) is 14.4. The lowest BCUT2D eigenvalue weighted by molar-refractivity contribution is 0.0738. The molecule has 1 aromatic heterocycles. The zero-order valence-electron chi connectivity index (χ0n) is 10.4. The molecule has 0 bridgehead atoms. The highest BCUT2D eigenvalue weighted by molar-refractivity contribution is 9.10. The van der Waals surface area contributed by atoms with Crippen LogP contribution in [0, 0.1) is 5.82 Å². The van der Waals surface area contributed by atoms with Gasteiger partial charge in [-0.2, -0.15) is 0 Å². The van der Waals surface area contributed by atoms with Crippen LogP contribution in [0.5, 0.6) is 5.75 Å². The lowest BCUT2D eigenvalue weighted by Gasteiger charge is -2.18. The first-order chi connectivity index (χ1) is 9.63. The Kier molecular flexibility index (Phi) is 3.76. The van der Waals surface area contributed by atoms with Crippen molar-refractivity contribution in [3.63, 3.8) is 0 Å². The maximum Gasteiger partial charge on any atom is 0.264 e. The smallest absolute Gasteiger partial charge is 0.264 e. The van der Waals surface area contributed by atoms with Crippen LogP contribution in [-0.2, 0) is 6.54 Å². The van der Waals surface area contributed by atoms with Gasteiger partial charge in [0.2, 0.25) is 0 Å². The summed E-state index contributed by atoms with van der Waals surface area (Å²) in [5.74, 6) is 0.274. The number of carbonyl (C=O) groups excluding carboxylic acids is 1. The summed E-state index contributed by atoms with van der Waals surface area (Å²) in [6.45, 7) is 1.27. The molecule has 0 saturated carbocycles. The summed E-state index contributed by atoms with van der Waals surface area (Å²) >= 11 is 4.73. The van der Waals surface area contributed by atoms with Crippen molar-refractivity contribution in [2.24, 2.45) is 0 Å². The fourth-order valence-electron chi connectivity index (χ4n) is 2.12. The highest BCUT2D eigenvalue weighted by Crippen LogP contribution is 2.26. The van der Waals surface area contributed by atoms with Gasteiger partial charge in [-0.05, 0) is 40.2 Å². The molecule has 0 radical (unpaired) electrons. The second-order valence-corrected chi connectivity index (χ2v) is 6.28. The third-order valence-corrected chi connectivity index (χ3v) is 4.75. The van der Waals surface area contributed by atoms with Crippen LogP contribution in [0.25, 0.3) is 0 Å². The van der Waals surface area contributed by atoms with Crippen LogP contribution in [0.3, 0.4) is 0 Å². The number of ether oxygens (including phenoxy) is 1. The van der Waals surface area contributed by atoms with Crippen molar-refractivity contribution < 1.29 is 13.9 Å². The molecule has 0 spiro atoms. The van der Waals surface area contributed by atoms with E-state index < -0.39 is 0 Å². The average Bonchev–Trinajstić information content (AvgIpc) is 2.74. The molecule has 104 valence electrons. The summed E-state index contributed by atoms with van der Waals surface area (Å²) in [6, 6.07) is 6.20. The number of amides is 1. The molecule has 1 aromatic carbocycles. The third kappa shape index (κ3) is 2.71. The highest BCUT2D eigenvalue weighted by atomic mass is 79.9. The average molecular weight is 356 g/mol. The number of benzene rings is 1. The number of hydrogen-bond acceptors (Lipinski definition) is 3. The van der Waals surface area contributed by atoms with E-state index in [1.54, 1.807) is 17.0 Å². The number of fused-ring (bicyclic) bond motifs is 1. The Balaban J connectivity index is 1.86. The van der Waals surface area contributed by atoms with Gasteiger partial charge in [0.1, 0.15) is 18.2 Å². The number of hydrogen-bond donors (Lipinski definition) is 0. The SMILES string of the molecule is O=C(c1cc(Br)cs1)N1CCOc2ccc(F)cc2C1. The summed E-state index contributed by atoms with van der Waals surface area (Å²) < 4.78 is 19.8. The van der Waals surface area contributed by atoms with Crippen LogP contribution in [0.2, 0.25) is 0 Å². The van der Waals surface area contributed by atoms with Crippen LogP contribution >= 0.6 is 27.3 Å². The van der Waals surface area contributed by atoms with Gasteiger partial charge < -0.3 is 9.64 Å². The standard InChI is InChI=1S/C14H11BrFNO2S/c15-10-6-13(20-8-10)14(18)17-3-4-19-12-2-1-11(16)5-9(12)7-17/h1-2,5-6,8H,3-4,7H2. The van der Waals surface area contributed by atoms with Crippen molar-refractivity contribution in [1.82, 2.24) is 4.90 Å².